The van der Waals surface area contributed by atoms with E-state index in [0.717, 1.165) is 6.42 Å². The molecule has 1 heteroatoms. The minimum absolute atomic E-state index is 0.124. The maximum atomic E-state index is 11.3. The molecule has 1 nitrogen and oxygen atoms in total. The number of hydrogen-bond donors (Lipinski definition) is 0. The average molecular weight is 218 g/mol. The molecule has 0 aromatic heterocycles. The Kier molecular flexibility index (Phi) is 3.90. The second-order valence-electron chi connectivity index (χ2n) is 4.95. The Morgan fingerprint density at radius 2 is 1.56 bits per heavy atom. The van der Waals surface area contributed by atoms with Gasteiger partial charge in [-0.15, -0.1) is 0 Å². The molecule has 0 aliphatic rings. The van der Waals surface area contributed by atoms with Crippen molar-refractivity contribution < 1.29 is 4.79 Å². The van der Waals surface area contributed by atoms with Crippen LogP contribution in [0.1, 0.15) is 41.7 Å². The van der Waals surface area contributed by atoms with E-state index >= 15 is 0 Å². The first kappa shape index (κ1) is 13.0. The molecule has 0 radical (unpaired) electrons. The second-order valence-corrected chi connectivity index (χ2v) is 4.95. The van der Waals surface area contributed by atoms with Crippen LogP contribution in [0.15, 0.2) is 6.07 Å². The summed E-state index contributed by atoms with van der Waals surface area (Å²) in [5, 5.41) is 0. The molecule has 0 heterocycles. The van der Waals surface area contributed by atoms with Crippen LogP contribution in [0.4, 0.5) is 0 Å². The van der Waals surface area contributed by atoms with E-state index in [4.69, 9.17) is 0 Å². The van der Waals surface area contributed by atoms with E-state index in [1.807, 2.05) is 6.92 Å². The molecule has 1 aromatic carbocycles. The van der Waals surface area contributed by atoms with Gasteiger partial charge in [0, 0.05) is 5.92 Å². The van der Waals surface area contributed by atoms with Gasteiger partial charge in [0.1, 0.15) is 5.78 Å². The van der Waals surface area contributed by atoms with Gasteiger partial charge in [0.15, 0.2) is 0 Å². The lowest BCUT2D eigenvalue weighted by molar-refractivity contribution is -0.120. The quantitative estimate of drug-likeness (QED) is 0.756. The fraction of sp³-hybridized carbons (Fsp3) is 0.533. The minimum atomic E-state index is 0.124. The molecule has 1 aromatic rings. The fourth-order valence-electron chi connectivity index (χ4n) is 2.05. The summed E-state index contributed by atoms with van der Waals surface area (Å²) in [4.78, 5) is 11.3. The van der Waals surface area contributed by atoms with E-state index in [1.165, 1.54) is 27.8 Å². The maximum absolute atomic E-state index is 11.3. The van der Waals surface area contributed by atoms with Crippen molar-refractivity contribution in [1.29, 1.82) is 0 Å². The van der Waals surface area contributed by atoms with Gasteiger partial charge in [-0.3, -0.25) is 4.79 Å². The summed E-state index contributed by atoms with van der Waals surface area (Å²) in [6.45, 7) is 12.3. The van der Waals surface area contributed by atoms with E-state index in [0.29, 0.717) is 0 Å². The highest BCUT2D eigenvalue weighted by molar-refractivity contribution is 5.78. The molecule has 0 amide bonds. The van der Waals surface area contributed by atoms with Crippen LogP contribution in [0.25, 0.3) is 0 Å². The zero-order valence-electron chi connectivity index (χ0n) is 11.3. The molecular weight excluding hydrogens is 196 g/mol. The molecule has 0 fully saturated rings. The number of rotatable bonds is 3. The molecule has 0 spiro atoms. The zero-order chi connectivity index (χ0) is 12.5. The molecular formula is C15H22O. The first-order valence-corrected chi connectivity index (χ1v) is 5.91. The number of aryl methyl sites for hydroxylation is 2. The lowest BCUT2D eigenvalue weighted by atomic mass is 9.87. The highest BCUT2D eigenvalue weighted by atomic mass is 16.1. The van der Waals surface area contributed by atoms with Gasteiger partial charge in [-0.25, -0.2) is 0 Å². The standard InChI is InChI=1S/C15H22O/c1-9-7-10(2)13(5)15(12(9)4)8-11(3)14(6)16/h7,11H,8H2,1-6H3. The molecule has 0 aliphatic carbocycles. The van der Waals surface area contributed by atoms with Crippen LogP contribution in [-0.4, -0.2) is 5.78 Å². The monoisotopic (exact) mass is 218 g/mol. The number of carbonyl (C=O) groups is 1. The molecule has 0 aliphatic heterocycles. The first-order chi connectivity index (χ1) is 7.34. The molecule has 0 saturated carbocycles. The highest BCUT2D eigenvalue weighted by Gasteiger charge is 2.14. The molecule has 1 rings (SSSR count). The Morgan fingerprint density at radius 1 is 1.12 bits per heavy atom. The van der Waals surface area contributed by atoms with E-state index < -0.39 is 0 Å². The van der Waals surface area contributed by atoms with Crippen LogP contribution < -0.4 is 0 Å². The van der Waals surface area contributed by atoms with Crippen LogP contribution in [0, 0.1) is 33.6 Å². The summed E-state index contributed by atoms with van der Waals surface area (Å²) in [7, 11) is 0. The average Bonchev–Trinajstić information content (AvgIpc) is 2.21. The summed E-state index contributed by atoms with van der Waals surface area (Å²) < 4.78 is 0. The third kappa shape index (κ3) is 2.52. The largest absolute Gasteiger partial charge is 0.300 e. The number of Topliss-reactive ketones (excluding diaryl/α,β-unsaturated/α-hetero) is 1. The normalized spacial score (nSPS) is 12.6. The van der Waals surface area contributed by atoms with E-state index in [9.17, 15) is 4.79 Å². The third-order valence-electron chi connectivity index (χ3n) is 3.73. The Labute approximate surface area is 98.9 Å². The van der Waals surface area contributed by atoms with E-state index in [-0.39, 0.29) is 11.7 Å². The Hall–Kier alpha value is -1.11. The van der Waals surface area contributed by atoms with Crippen molar-refractivity contribution in [2.75, 3.05) is 0 Å². The van der Waals surface area contributed by atoms with Crippen molar-refractivity contribution >= 4 is 5.78 Å². The van der Waals surface area contributed by atoms with Gasteiger partial charge in [0.05, 0.1) is 0 Å². The summed E-state index contributed by atoms with van der Waals surface area (Å²) >= 11 is 0. The zero-order valence-corrected chi connectivity index (χ0v) is 11.3. The Balaban J connectivity index is 3.17. The van der Waals surface area contributed by atoms with E-state index in [1.54, 1.807) is 6.92 Å². The second kappa shape index (κ2) is 4.82. The van der Waals surface area contributed by atoms with Crippen LogP contribution in [0.2, 0.25) is 0 Å². The predicted molar refractivity (Wildman–Crippen MR) is 68.9 cm³/mol. The van der Waals surface area contributed by atoms with Crippen molar-refractivity contribution in [3.63, 3.8) is 0 Å². The van der Waals surface area contributed by atoms with Crippen molar-refractivity contribution in [1.82, 2.24) is 0 Å². The Morgan fingerprint density at radius 3 is 1.94 bits per heavy atom. The Bertz CT molecular complexity index is 390. The summed E-state index contributed by atoms with van der Waals surface area (Å²) in [6.07, 6.45) is 0.871. The number of benzene rings is 1. The topological polar surface area (TPSA) is 17.1 Å². The lowest BCUT2D eigenvalue weighted by Crippen LogP contribution is -2.12. The van der Waals surface area contributed by atoms with Gasteiger partial charge in [-0.1, -0.05) is 13.0 Å². The van der Waals surface area contributed by atoms with Crippen molar-refractivity contribution in [3.05, 3.63) is 33.9 Å². The number of ketones is 1. The van der Waals surface area contributed by atoms with Gasteiger partial charge >= 0.3 is 0 Å². The summed E-state index contributed by atoms with van der Waals surface area (Å²) in [5.41, 5.74) is 6.70. The molecule has 1 atom stereocenters. The van der Waals surface area contributed by atoms with Crippen LogP contribution >= 0.6 is 0 Å². The van der Waals surface area contributed by atoms with Crippen LogP contribution in [0.3, 0.4) is 0 Å². The minimum Gasteiger partial charge on any atom is -0.300 e. The number of hydrogen-bond acceptors (Lipinski definition) is 1. The third-order valence-corrected chi connectivity index (χ3v) is 3.73. The first-order valence-electron chi connectivity index (χ1n) is 5.91. The van der Waals surface area contributed by atoms with Gasteiger partial charge in [0.25, 0.3) is 0 Å². The van der Waals surface area contributed by atoms with Gasteiger partial charge < -0.3 is 0 Å². The smallest absolute Gasteiger partial charge is 0.132 e. The molecule has 88 valence electrons. The summed E-state index contributed by atoms with van der Waals surface area (Å²) in [5.74, 6) is 0.400. The predicted octanol–water partition coefficient (Wildman–Crippen LogP) is 3.69. The maximum Gasteiger partial charge on any atom is 0.132 e. The van der Waals surface area contributed by atoms with Crippen LogP contribution in [-0.2, 0) is 11.2 Å². The summed E-state index contributed by atoms with van der Waals surface area (Å²) in [6, 6.07) is 2.23. The van der Waals surface area contributed by atoms with Gasteiger partial charge in [-0.05, 0) is 68.9 Å². The van der Waals surface area contributed by atoms with E-state index in [2.05, 4.69) is 33.8 Å². The van der Waals surface area contributed by atoms with Gasteiger partial charge in [-0.2, -0.15) is 0 Å². The highest BCUT2D eigenvalue weighted by Crippen LogP contribution is 2.24. The fourth-order valence-corrected chi connectivity index (χ4v) is 2.05. The molecule has 1 unspecified atom stereocenters. The van der Waals surface area contributed by atoms with Crippen molar-refractivity contribution in [3.8, 4) is 0 Å². The number of carbonyl (C=O) groups excluding carboxylic acids is 1. The molecule has 0 N–H and O–H groups in total. The van der Waals surface area contributed by atoms with Crippen molar-refractivity contribution in [2.24, 2.45) is 5.92 Å². The molecule has 0 saturated heterocycles. The van der Waals surface area contributed by atoms with Crippen molar-refractivity contribution in [2.45, 2.75) is 48.0 Å². The molecule has 0 bridgehead atoms. The lowest BCUT2D eigenvalue weighted by Gasteiger charge is -2.17. The van der Waals surface area contributed by atoms with Gasteiger partial charge in [0.2, 0.25) is 0 Å². The molecule has 16 heavy (non-hydrogen) atoms. The van der Waals surface area contributed by atoms with Crippen LogP contribution in [0.5, 0.6) is 0 Å². The SMILES string of the molecule is CC(=O)C(C)Cc1c(C)c(C)cc(C)c1C.